The Bertz CT molecular complexity index is 115. The molecule has 0 N–H and O–H groups in total. The normalized spacial score (nSPS) is 10.7. The Labute approximate surface area is 93.3 Å². The van der Waals surface area contributed by atoms with Crippen LogP contribution in [0.5, 0.6) is 0 Å². The fourth-order valence-corrected chi connectivity index (χ4v) is 2.57. The van der Waals surface area contributed by atoms with E-state index in [0.717, 1.165) is 12.5 Å². The molecule has 0 aromatic carbocycles. The van der Waals surface area contributed by atoms with E-state index in [1.165, 1.54) is 38.5 Å². The topological polar surface area (TPSA) is 0 Å². The van der Waals surface area contributed by atoms with Crippen LogP contribution in [-0.2, 0) is 0 Å². The van der Waals surface area contributed by atoms with Crippen molar-refractivity contribution in [2.45, 2.75) is 51.0 Å². The second-order valence-corrected chi connectivity index (χ2v) is 7.78. The van der Waals surface area contributed by atoms with Gasteiger partial charge in [-0.1, -0.05) is 38.2 Å². The number of unbranched alkanes of at least 4 members (excludes halogenated alkanes) is 6. The van der Waals surface area contributed by atoms with Crippen molar-refractivity contribution in [3.05, 3.63) is 12.7 Å². The van der Waals surface area contributed by atoms with Gasteiger partial charge in [0.2, 0.25) is 0 Å². The molecule has 0 aliphatic rings. The monoisotopic (exact) mass is 237 g/mol. The minimum Gasteiger partial charge on any atom is -0.147 e. The molecule has 0 nitrogen and oxygen atoms in total. The van der Waals surface area contributed by atoms with Crippen LogP contribution < -0.4 is 0 Å². The van der Waals surface area contributed by atoms with Crippen molar-refractivity contribution in [1.82, 2.24) is 0 Å². The summed E-state index contributed by atoms with van der Waals surface area (Å²) in [4.78, 5) is 0. The highest BCUT2D eigenvalue weighted by Crippen LogP contribution is 2.12. The van der Waals surface area contributed by atoms with E-state index in [9.17, 15) is 0 Å². The molecular formula is C10H19Cl2Si. The summed E-state index contributed by atoms with van der Waals surface area (Å²) in [5.41, 5.74) is 0. The van der Waals surface area contributed by atoms with Crippen molar-refractivity contribution in [2.75, 3.05) is 0 Å². The number of hydrogen-bond acceptors (Lipinski definition) is 0. The Kier molecular flexibility index (Phi) is 11.1. The van der Waals surface area contributed by atoms with Crippen LogP contribution in [0.1, 0.15) is 44.9 Å². The SMILES string of the molecule is C=CCCCCCCCC[Si](Cl)Cl. The van der Waals surface area contributed by atoms with Gasteiger partial charge in [-0.05, 0) is 18.9 Å². The van der Waals surface area contributed by atoms with Crippen LogP contribution >= 0.6 is 22.2 Å². The maximum absolute atomic E-state index is 5.72. The Morgan fingerprint density at radius 2 is 1.46 bits per heavy atom. The van der Waals surface area contributed by atoms with Gasteiger partial charge in [-0.15, -0.1) is 28.7 Å². The lowest BCUT2D eigenvalue weighted by atomic mass is 10.1. The Morgan fingerprint density at radius 1 is 0.923 bits per heavy atom. The summed E-state index contributed by atoms with van der Waals surface area (Å²) in [5, 5.41) is 0. The number of halogens is 2. The summed E-state index contributed by atoms with van der Waals surface area (Å²) in [6.45, 7) is 3.70. The van der Waals surface area contributed by atoms with Gasteiger partial charge in [0.15, 0.2) is 0 Å². The lowest BCUT2D eigenvalue weighted by Crippen LogP contribution is -1.90. The highest BCUT2D eigenvalue weighted by molar-refractivity contribution is 7.33. The smallest absolute Gasteiger partial charge is 0.147 e. The first-order valence-electron chi connectivity index (χ1n) is 5.05. The first-order valence-corrected chi connectivity index (χ1v) is 8.78. The van der Waals surface area contributed by atoms with E-state index in [0.29, 0.717) is 0 Å². The van der Waals surface area contributed by atoms with Crippen molar-refractivity contribution in [2.24, 2.45) is 0 Å². The van der Waals surface area contributed by atoms with E-state index in [-0.39, 0.29) is 0 Å². The Morgan fingerprint density at radius 3 is 2.00 bits per heavy atom. The standard InChI is InChI=1S/C10H19Cl2Si/c1-2-3-4-5-6-7-8-9-10-13(11)12/h2H,1,3-10H2. The van der Waals surface area contributed by atoms with Crippen LogP contribution in [0, 0.1) is 0 Å². The van der Waals surface area contributed by atoms with Gasteiger partial charge >= 0.3 is 0 Å². The molecule has 0 saturated heterocycles. The van der Waals surface area contributed by atoms with E-state index in [2.05, 4.69) is 6.58 Å². The molecule has 0 heterocycles. The molecule has 0 aromatic rings. The predicted octanol–water partition coefficient (Wildman–Crippen LogP) is 4.87. The summed E-state index contributed by atoms with van der Waals surface area (Å²) in [6.07, 6.45) is 11.0. The van der Waals surface area contributed by atoms with Gasteiger partial charge in [0, 0.05) is 0 Å². The maximum atomic E-state index is 5.72. The minimum absolute atomic E-state index is 1.00. The molecule has 0 spiro atoms. The largest absolute Gasteiger partial charge is 0.273 e. The number of rotatable bonds is 9. The minimum atomic E-state index is -1.00. The van der Waals surface area contributed by atoms with Crippen molar-refractivity contribution < 1.29 is 0 Å². The molecule has 3 heteroatoms. The Hall–Kier alpha value is 0.537. The fourth-order valence-electron chi connectivity index (χ4n) is 1.25. The second kappa shape index (κ2) is 10.6. The molecule has 0 unspecified atom stereocenters. The molecule has 0 atom stereocenters. The summed E-state index contributed by atoms with van der Waals surface area (Å²) < 4.78 is 0. The van der Waals surface area contributed by atoms with Crippen LogP contribution in [-0.4, -0.2) is 7.42 Å². The van der Waals surface area contributed by atoms with Crippen molar-refractivity contribution in [3.63, 3.8) is 0 Å². The number of hydrogen-bond donors (Lipinski definition) is 0. The summed E-state index contributed by atoms with van der Waals surface area (Å²) in [7, 11) is -1.00. The van der Waals surface area contributed by atoms with Crippen LogP contribution in [0.15, 0.2) is 12.7 Å². The lowest BCUT2D eigenvalue weighted by Gasteiger charge is -2.00. The average Bonchev–Trinajstić information content (AvgIpc) is 2.09. The van der Waals surface area contributed by atoms with E-state index in [4.69, 9.17) is 22.2 Å². The zero-order chi connectivity index (χ0) is 9.94. The third-order valence-corrected chi connectivity index (χ3v) is 3.89. The zero-order valence-electron chi connectivity index (χ0n) is 8.20. The summed E-state index contributed by atoms with van der Waals surface area (Å²) >= 11 is 11.4. The zero-order valence-corrected chi connectivity index (χ0v) is 10.7. The summed E-state index contributed by atoms with van der Waals surface area (Å²) in [6, 6.07) is 1.04. The van der Waals surface area contributed by atoms with Gasteiger partial charge in [-0.25, -0.2) is 0 Å². The summed E-state index contributed by atoms with van der Waals surface area (Å²) in [5.74, 6) is 0. The Balaban J connectivity index is 2.87. The molecule has 0 bridgehead atoms. The van der Waals surface area contributed by atoms with Gasteiger partial charge in [0.25, 0.3) is 7.42 Å². The molecular weight excluding hydrogens is 219 g/mol. The molecule has 0 amide bonds. The predicted molar refractivity (Wildman–Crippen MR) is 64.8 cm³/mol. The van der Waals surface area contributed by atoms with Crippen molar-refractivity contribution in [3.8, 4) is 0 Å². The van der Waals surface area contributed by atoms with E-state index in [1.54, 1.807) is 0 Å². The molecule has 0 rings (SSSR count). The van der Waals surface area contributed by atoms with Crippen LogP contribution in [0.4, 0.5) is 0 Å². The molecule has 0 saturated carbocycles. The first-order chi connectivity index (χ1) is 6.27. The van der Waals surface area contributed by atoms with Gasteiger partial charge in [0.05, 0.1) is 0 Å². The maximum Gasteiger partial charge on any atom is 0.273 e. The molecule has 77 valence electrons. The first kappa shape index (κ1) is 13.5. The second-order valence-electron chi connectivity index (χ2n) is 3.29. The van der Waals surface area contributed by atoms with Gasteiger partial charge < -0.3 is 0 Å². The van der Waals surface area contributed by atoms with Crippen molar-refractivity contribution >= 4 is 29.6 Å². The highest BCUT2D eigenvalue weighted by Gasteiger charge is 2.01. The fraction of sp³-hybridized carbons (Fsp3) is 0.800. The third kappa shape index (κ3) is 12.5. The van der Waals surface area contributed by atoms with Gasteiger partial charge in [-0.2, -0.15) is 0 Å². The van der Waals surface area contributed by atoms with Crippen LogP contribution in [0.3, 0.4) is 0 Å². The third-order valence-electron chi connectivity index (χ3n) is 2.02. The van der Waals surface area contributed by atoms with Crippen LogP contribution in [0.25, 0.3) is 0 Å². The molecule has 13 heavy (non-hydrogen) atoms. The molecule has 0 fully saturated rings. The van der Waals surface area contributed by atoms with E-state index >= 15 is 0 Å². The average molecular weight is 238 g/mol. The molecule has 0 aliphatic carbocycles. The lowest BCUT2D eigenvalue weighted by molar-refractivity contribution is 0.611. The quantitative estimate of drug-likeness (QED) is 0.233. The molecule has 0 aromatic heterocycles. The molecule has 0 aliphatic heterocycles. The van der Waals surface area contributed by atoms with E-state index < -0.39 is 7.42 Å². The van der Waals surface area contributed by atoms with Gasteiger partial charge in [-0.3, -0.25) is 0 Å². The highest BCUT2D eigenvalue weighted by atomic mass is 35.7. The number of allylic oxidation sites excluding steroid dienone is 1. The van der Waals surface area contributed by atoms with Gasteiger partial charge in [0.1, 0.15) is 0 Å². The van der Waals surface area contributed by atoms with Crippen LogP contribution in [0.2, 0.25) is 6.04 Å². The molecule has 1 radical (unpaired) electrons. The van der Waals surface area contributed by atoms with E-state index in [1.807, 2.05) is 6.08 Å². The van der Waals surface area contributed by atoms with Crippen molar-refractivity contribution in [1.29, 1.82) is 0 Å².